The van der Waals surface area contributed by atoms with E-state index in [0.717, 1.165) is 6.07 Å². The minimum absolute atomic E-state index is 0.0582. The Hall–Kier alpha value is -3.35. The van der Waals surface area contributed by atoms with Gasteiger partial charge in [-0.25, -0.2) is 0 Å². The third-order valence-corrected chi connectivity index (χ3v) is 5.14. The van der Waals surface area contributed by atoms with Crippen LogP contribution in [0.25, 0.3) is 22.3 Å². The van der Waals surface area contributed by atoms with Crippen LogP contribution in [0.3, 0.4) is 0 Å². The number of aliphatic hydroxyl groups excluding tert-OH is 4. The number of aliphatic hydroxyl groups is 4. The Kier molecular flexibility index (Phi) is 5.67. The second-order valence-corrected chi connectivity index (χ2v) is 7.27. The fourth-order valence-electron chi connectivity index (χ4n) is 3.43. The van der Waals surface area contributed by atoms with Crippen LogP contribution in [0.1, 0.15) is 0 Å². The van der Waals surface area contributed by atoms with E-state index in [1.807, 2.05) is 0 Å². The average molecular weight is 447 g/mol. The highest BCUT2D eigenvalue weighted by atomic mass is 16.7. The number of hydrogen-bond donors (Lipinski definition) is 6. The van der Waals surface area contributed by atoms with Gasteiger partial charge in [0.15, 0.2) is 5.43 Å². The highest BCUT2D eigenvalue weighted by molar-refractivity contribution is 5.88. The summed E-state index contributed by atoms with van der Waals surface area (Å²) in [7, 11) is 0. The lowest BCUT2D eigenvalue weighted by Crippen LogP contribution is -2.60. The topological polar surface area (TPSA) is 193 Å². The minimum atomic E-state index is -1.70. The molecule has 11 nitrogen and oxygen atoms in total. The van der Waals surface area contributed by atoms with Gasteiger partial charge < -0.3 is 49.6 Å². The third kappa shape index (κ3) is 3.72. The van der Waals surface area contributed by atoms with Gasteiger partial charge in [0, 0.05) is 17.7 Å². The number of benzene rings is 2. The highest BCUT2D eigenvalue weighted by Gasteiger charge is 2.44. The van der Waals surface area contributed by atoms with Gasteiger partial charge in [-0.05, 0) is 30.0 Å². The quantitative estimate of drug-likeness (QED) is 0.291. The number of fused-ring (bicyclic) bond motifs is 1. The van der Waals surface area contributed by atoms with Crippen LogP contribution in [-0.2, 0) is 4.74 Å². The number of rotatable bonds is 4. The van der Waals surface area contributed by atoms with Crippen LogP contribution in [0.15, 0.2) is 45.6 Å². The Morgan fingerprint density at radius 1 is 1.00 bits per heavy atom. The molecule has 32 heavy (non-hydrogen) atoms. The standard InChI is InChI=1S/C21H20O11/c22-7-13-15(25)17(27)19(29)21(32-13)30-10-5-11(24)14-12(6-10)31-20(18(28)16(14)26)8-1-3-9(23)4-2-8/h1-6,13,15,17,19,21-25,27-29H,7H2/p-1. The predicted molar refractivity (Wildman–Crippen MR) is 105 cm³/mol. The molecule has 1 saturated heterocycles. The maximum Gasteiger partial charge on any atom is 0.229 e. The highest BCUT2D eigenvalue weighted by Crippen LogP contribution is 2.36. The van der Waals surface area contributed by atoms with Crippen LogP contribution in [0.4, 0.5) is 0 Å². The van der Waals surface area contributed by atoms with Crippen molar-refractivity contribution in [3.8, 4) is 34.3 Å². The first-order valence-electron chi connectivity index (χ1n) is 9.48. The van der Waals surface area contributed by atoms with E-state index in [2.05, 4.69) is 0 Å². The summed E-state index contributed by atoms with van der Waals surface area (Å²) in [4.78, 5) is 12.5. The van der Waals surface area contributed by atoms with E-state index in [-0.39, 0.29) is 28.4 Å². The summed E-state index contributed by atoms with van der Waals surface area (Å²) in [5.41, 5.74) is -1.02. The van der Waals surface area contributed by atoms with Gasteiger partial charge in [-0.1, -0.05) is 0 Å². The minimum Gasteiger partial charge on any atom is -0.867 e. The Labute approximate surface area is 179 Å². The van der Waals surface area contributed by atoms with Crippen LogP contribution in [0, 0.1) is 0 Å². The van der Waals surface area contributed by atoms with E-state index in [0.29, 0.717) is 0 Å². The molecule has 6 N–H and O–H groups in total. The van der Waals surface area contributed by atoms with Crippen LogP contribution in [0.2, 0.25) is 0 Å². The molecule has 0 bridgehead atoms. The molecule has 1 fully saturated rings. The van der Waals surface area contributed by atoms with Gasteiger partial charge in [-0.3, -0.25) is 4.79 Å². The van der Waals surface area contributed by atoms with Gasteiger partial charge in [-0.2, -0.15) is 0 Å². The Bertz CT molecular complexity index is 1190. The van der Waals surface area contributed by atoms with Crippen LogP contribution in [0.5, 0.6) is 23.0 Å². The molecule has 0 spiro atoms. The van der Waals surface area contributed by atoms with E-state index in [4.69, 9.17) is 13.9 Å². The van der Waals surface area contributed by atoms with Gasteiger partial charge in [0.05, 0.1) is 6.61 Å². The van der Waals surface area contributed by atoms with Gasteiger partial charge in [0.1, 0.15) is 58.4 Å². The lowest BCUT2D eigenvalue weighted by Gasteiger charge is -2.39. The van der Waals surface area contributed by atoms with E-state index in [9.17, 15) is 40.5 Å². The zero-order valence-electron chi connectivity index (χ0n) is 16.3. The first-order chi connectivity index (χ1) is 15.2. The Morgan fingerprint density at radius 2 is 1.69 bits per heavy atom. The lowest BCUT2D eigenvalue weighted by molar-refractivity contribution is -0.277. The molecule has 1 aromatic heterocycles. The van der Waals surface area contributed by atoms with E-state index < -0.39 is 59.6 Å². The smallest absolute Gasteiger partial charge is 0.229 e. The molecule has 0 aliphatic carbocycles. The number of ether oxygens (including phenoxy) is 2. The summed E-state index contributed by atoms with van der Waals surface area (Å²) >= 11 is 0. The molecule has 2 heterocycles. The van der Waals surface area contributed by atoms with E-state index in [1.54, 1.807) is 0 Å². The summed E-state index contributed by atoms with van der Waals surface area (Å²) in [6.45, 7) is -0.662. The summed E-state index contributed by atoms with van der Waals surface area (Å²) in [6.07, 6.45) is -7.71. The number of phenols is 2. The van der Waals surface area contributed by atoms with Gasteiger partial charge >= 0.3 is 0 Å². The summed E-state index contributed by atoms with van der Waals surface area (Å²) in [5, 5.41) is 70.9. The van der Waals surface area contributed by atoms with Gasteiger partial charge in [-0.15, -0.1) is 0 Å². The van der Waals surface area contributed by atoms with Crippen LogP contribution in [-0.4, -0.2) is 68.0 Å². The second kappa shape index (κ2) is 8.30. The largest absolute Gasteiger partial charge is 0.867 e. The molecule has 0 saturated carbocycles. The zero-order chi connectivity index (χ0) is 23.2. The predicted octanol–water partition coefficient (Wildman–Crippen LogP) is -0.877. The van der Waals surface area contributed by atoms with Crippen molar-refractivity contribution >= 4 is 11.0 Å². The van der Waals surface area contributed by atoms with Crippen molar-refractivity contribution in [3.63, 3.8) is 0 Å². The van der Waals surface area contributed by atoms with Crippen molar-refractivity contribution in [1.82, 2.24) is 0 Å². The zero-order valence-corrected chi connectivity index (χ0v) is 16.3. The Morgan fingerprint density at radius 3 is 2.34 bits per heavy atom. The maximum atomic E-state index is 12.5. The molecule has 4 rings (SSSR count). The monoisotopic (exact) mass is 447 g/mol. The van der Waals surface area contributed by atoms with Crippen LogP contribution < -0.4 is 15.3 Å². The van der Waals surface area contributed by atoms with Gasteiger partial charge in [0.25, 0.3) is 0 Å². The van der Waals surface area contributed by atoms with Crippen molar-refractivity contribution in [1.29, 1.82) is 0 Å². The normalized spacial score (nSPS) is 25.7. The maximum absolute atomic E-state index is 12.5. The number of phenolic OH excluding ortho intramolecular Hbond substituents is 2. The van der Waals surface area contributed by atoms with E-state index in [1.165, 1.54) is 30.3 Å². The second-order valence-electron chi connectivity index (χ2n) is 7.27. The summed E-state index contributed by atoms with van der Waals surface area (Å²) in [5.74, 6) is -2.17. The van der Waals surface area contributed by atoms with Crippen molar-refractivity contribution in [3.05, 3.63) is 46.6 Å². The molecule has 1 aliphatic heterocycles. The molecular formula is C21H19O11-. The summed E-state index contributed by atoms with van der Waals surface area (Å²) < 4.78 is 16.3. The van der Waals surface area contributed by atoms with Crippen molar-refractivity contribution in [2.75, 3.05) is 6.61 Å². The lowest BCUT2D eigenvalue weighted by atomic mass is 9.99. The summed E-state index contributed by atoms with van der Waals surface area (Å²) in [6, 6.07) is 7.50. The third-order valence-electron chi connectivity index (χ3n) is 5.14. The fraction of sp³-hybridized carbons (Fsp3) is 0.286. The molecule has 0 amide bonds. The van der Waals surface area contributed by atoms with Crippen LogP contribution >= 0.6 is 0 Å². The first-order valence-corrected chi connectivity index (χ1v) is 9.48. The van der Waals surface area contributed by atoms with Crippen molar-refractivity contribution in [2.45, 2.75) is 30.7 Å². The number of aromatic hydroxyl groups is 2. The van der Waals surface area contributed by atoms with Crippen molar-refractivity contribution < 1.29 is 49.6 Å². The van der Waals surface area contributed by atoms with Crippen molar-refractivity contribution in [2.24, 2.45) is 0 Å². The molecule has 2 aromatic carbocycles. The first kappa shape index (κ1) is 21.9. The molecule has 1 aliphatic rings. The SMILES string of the molecule is O=c1c([O-])c(-c2ccc(O)cc2)oc2cc(OC3OC(CO)C(O)C(O)C3O)cc(O)c12. The molecule has 3 aromatic rings. The molecular weight excluding hydrogens is 428 g/mol. The molecule has 11 heteroatoms. The fourth-order valence-corrected chi connectivity index (χ4v) is 3.43. The number of hydrogen-bond acceptors (Lipinski definition) is 11. The molecule has 0 radical (unpaired) electrons. The van der Waals surface area contributed by atoms with E-state index >= 15 is 0 Å². The van der Waals surface area contributed by atoms with Gasteiger partial charge in [0.2, 0.25) is 6.29 Å². The molecule has 5 atom stereocenters. The molecule has 5 unspecified atom stereocenters. The Balaban J connectivity index is 1.75. The molecule has 170 valence electrons. The average Bonchev–Trinajstić information content (AvgIpc) is 2.77.